The lowest BCUT2D eigenvalue weighted by atomic mass is 9.79. The van der Waals surface area contributed by atoms with Crippen LogP contribution < -0.4 is 0 Å². The Kier molecular flexibility index (Phi) is 5.74. The van der Waals surface area contributed by atoms with Gasteiger partial charge >= 0.3 is 6.03 Å². The molecule has 7 heteroatoms. The van der Waals surface area contributed by atoms with E-state index in [2.05, 4.69) is 15.9 Å². The van der Waals surface area contributed by atoms with E-state index in [9.17, 15) is 19.2 Å². The Bertz CT molecular complexity index is 903. The molecule has 4 amide bonds. The molecule has 2 aromatic carbocycles. The predicted molar refractivity (Wildman–Crippen MR) is 107 cm³/mol. The van der Waals surface area contributed by atoms with Crippen LogP contribution in [0.4, 0.5) is 4.79 Å². The number of urea groups is 1. The van der Waals surface area contributed by atoms with Crippen LogP contribution in [0.3, 0.4) is 0 Å². The molecule has 1 aliphatic rings. The van der Waals surface area contributed by atoms with Gasteiger partial charge in [0.25, 0.3) is 0 Å². The van der Waals surface area contributed by atoms with E-state index in [1.807, 2.05) is 6.07 Å². The molecule has 3 rings (SSSR count). The van der Waals surface area contributed by atoms with E-state index < -0.39 is 29.7 Å². The molecule has 0 saturated carbocycles. The fraction of sp³-hybridized carbons (Fsp3) is 0.238. The van der Waals surface area contributed by atoms with Crippen molar-refractivity contribution >= 4 is 39.6 Å². The molecule has 2 aromatic rings. The second kappa shape index (κ2) is 8.06. The van der Waals surface area contributed by atoms with E-state index in [4.69, 9.17) is 0 Å². The molecular formula is C21H19BrN2O4. The number of carbonyl (C=O) groups excluding carboxylic acids is 4. The van der Waals surface area contributed by atoms with E-state index >= 15 is 0 Å². The van der Waals surface area contributed by atoms with Crippen molar-refractivity contribution in [2.24, 2.45) is 5.92 Å². The minimum Gasteiger partial charge on any atom is -0.294 e. The number of nitrogens with zero attached hydrogens (tertiary/aromatic N) is 2. The molecule has 0 spiro atoms. The van der Waals surface area contributed by atoms with Gasteiger partial charge in [-0.05, 0) is 17.7 Å². The second-order valence-corrected chi connectivity index (χ2v) is 7.62. The third-order valence-electron chi connectivity index (χ3n) is 4.97. The van der Waals surface area contributed by atoms with Crippen LogP contribution in [0.25, 0.3) is 0 Å². The topological polar surface area (TPSA) is 74.8 Å². The van der Waals surface area contributed by atoms with Gasteiger partial charge in [0.05, 0.1) is 0 Å². The summed E-state index contributed by atoms with van der Waals surface area (Å²) in [5.74, 6) is -3.18. The van der Waals surface area contributed by atoms with Crippen molar-refractivity contribution in [3.05, 3.63) is 70.2 Å². The van der Waals surface area contributed by atoms with Crippen molar-refractivity contribution in [2.45, 2.75) is 12.3 Å². The Hall–Kier alpha value is -2.80. The molecule has 0 N–H and O–H groups in total. The molecule has 1 aliphatic heterocycles. The third-order valence-corrected chi connectivity index (χ3v) is 5.50. The molecule has 0 bridgehead atoms. The molecular weight excluding hydrogens is 424 g/mol. The Morgan fingerprint density at radius 3 is 2.00 bits per heavy atom. The van der Waals surface area contributed by atoms with Gasteiger partial charge in [-0.2, -0.15) is 0 Å². The summed E-state index contributed by atoms with van der Waals surface area (Å²) < 4.78 is 0.843. The maximum atomic E-state index is 12.9. The van der Waals surface area contributed by atoms with E-state index in [-0.39, 0.29) is 12.2 Å². The van der Waals surface area contributed by atoms with Gasteiger partial charge in [0.1, 0.15) is 5.92 Å². The lowest BCUT2D eigenvalue weighted by Gasteiger charge is -2.36. The fourth-order valence-electron chi connectivity index (χ4n) is 3.36. The standard InChI is InChI=1S/C21H19BrN2O4/c1-23-19(26)18(20(27)24(2)21(23)28)16(13-8-10-15(22)11-9-13)12-17(25)14-6-4-3-5-7-14/h3-11,16,18H,12H2,1-2H3. The first kappa shape index (κ1) is 19.9. The number of halogens is 1. The van der Waals surface area contributed by atoms with Crippen molar-refractivity contribution in [3.8, 4) is 0 Å². The van der Waals surface area contributed by atoms with Crippen molar-refractivity contribution in [3.63, 3.8) is 0 Å². The summed E-state index contributed by atoms with van der Waals surface area (Å²) in [6.45, 7) is 0. The minimum atomic E-state index is -1.14. The average molecular weight is 443 g/mol. The Morgan fingerprint density at radius 1 is 0.929 bits per heavy atom. The Balaban J connectivity index is 2.02. The molecule has 144 valence electrons. The summed E-state index contributed by atoms with van der Waals surface area (Å²) in [7, 11) is 2.69. The molecule has 28 heavy (non-hydrogen) atoms. The molecule has 0 aliphatic carbocycles. The highest BCUT2D eigenvalue weighted by molar-refractivity contribution is 9.10. The lowest BCUT2D eigenvalue weighted by Crippen LogP contribution is -2.58. The van der Waals surface area contributed by atoms with Crippen LogP contribution in [-0.2, 0) is 9.59 Å². The van der Waals surface area contributed by atoms with Gasteiger partial charge in [0, 0.05) is 36.5 Å². The van der Waals surface area contributed by atoms with Gasteiger partial charge in [-0.25, -0.2) is 4.79 Å². The molecule has 6 nitrogen and oxygen atoms in total. The van der Waals surface area contributed by atoms with Crippen LogP contribution in [0.1, 0.15) is 28.3 Å². The molecule has 1 saturated heterocycles. The maximum absolute atomic E-state index is 12.9. The van der Waals surface area contributed by atoms with E-state index in [1.54, 1.807) is 48.5 Å². The van der Waals surface area contributed by atoms with Crippen LogP contribution in [0.15, 0.2) is 59.1 Å². The first-order valence-electron chi connectivity index (χ1n) is 8.74. The highest BCUT2D eigenvalue weighted by atomic mass is 79.9. The Labute approximate surface area is 171 Å². The quantitative estimate of drug-likeness (QED) is 0.524. The van der Waals surface area contributed by atoms with Crippen molar-refractivity contribution in [2.75, 3.05) is 14.1 Å². The normalized spacial score (nSPS) is 16.5. The van der Waals surface area contributed by atoms with E-state index in [0.717, 1.165) is 14.3 Å². The second-order valence-electron chi connectivity index (χ2n) is 6.71. The zero-order valence-electron chi connectivity index (χ0n) is 15.5. The highest BCUT2D eigenvalue weighted by Gasteiger charge is 2.47. The SMILES string of the molecule is CN1C(=O)C(C(CC(=O)c2ccccc2)c2ccc(Br)cc2)C(=O)N(C)C1=O. The van der Waals surface area contributed by atoms with Gasteiger partial charge in [0.15, 0.2) is 5.78 Å². The first-order valence-corrected chi connectivity index (χ1v) is 9.53. The summed E-state index contributed by atoms with van der Waals surface area (Å²) in [5, 5.41) is 0. The van der Waals surface area contributed by atoms with E-state index in [1.165, 1.54) is 14.1 Å². The van der Waals surface area contributed by atoms with Gasteiger partial charge in [0.2, 0.25) is 11.8 Å². The molecule has 1 atom stereocenters. The number of carbonyl (C=O) groups is 4. The molecule has 1 fully saturated rings. The number of hydrogen-bond acceptors (Lipinski definition) is 4. The van der Waals surface area contributed by atoms with Gasteiger partial charge in [-0.1, -0.05) is 58.4 Å². The number of Topliss-reactive ketones (excluding diaryl/α,β-unsaturated/α-hetero) is 1. The van der Waals surface area contributed by atoms with Crippen LogP contribution >= 0.6 is 15.9 Å². The molecule has 0 aromatic heterocycles. The number of benzene rings is 2. The number of ketones is 1. The highest BCUT2D eigenvalue weighted by Crippen LogP contribution is 2.35. The zero-order valence-corrected chi connectivity index (χ0v) is 17.0. The lowest BCUT2D eigenvalue weighted by molar-refractivity contribution is -0.148. The minimum absolute atomic E-state index is 0.0241. The number of hydrogen-bond donors (Lipinski definition) is 0. The molecule has 1 heterocycles. The monoisotopic (exact) mass is 442 g/mol. The Morgan fingerprint density at radius 2 is 1.46 bits per heavy atom. The predicted octanol–water partition coefficient (Wildman–Crippen LogP) is 3.47. The van der Waals surface area contributed by atoms with Crippen LogP contribution in [0.2, 0.25) is 0 Å². The third kappa shape index (κ3) is 3.75. The fourth-order valence-corrected chi connectivity index (χ4v) is 3.62. The van der Waals surface area contributed by atoms with Crippen LogP contribution in [-0.4, -0.2) is 47.5 Å². The summed E-state index contributed by atoms with van der Waals surface area (Å²) in [6.07, 6.45) is -0.0241. The molecule has 0 radical (unpaired) electrons. The summed E-state index contributed by atoms with van der Waals surface area (Å²) in [5.41, 5.74) is 1.20. The van der Waals surface area contributed by atoms with E-state index in [0.29, 0.717) is 11.1 Å². The first-order chi connectivity index (χ1) is 13.3. The summed E-state index contributed by atoms with van der Waals surface area (Å²) >= 11 is 3.37. The summed E-state index contributed by atoms with van der Waals surface area (Å²) in [6, 6.07) is 15.2. The van der Waals surface area contributed by atoms with Crippen molar-refractivity contribution < 1.29 is 19.2 Å². The summed E-state index contributed by atoms with van der Waals surface area (Å²) in [4.78, 5) is 52.5. The number of imide groups is 2. The number of barbiturate groups is 1. The average Bonchev–Trinajstić information content (AvgIpc) is 2.71. The van der Waals surface area contributed by atoms with Crippen molar-refractivity contribution in [1.82, 2.24) is 9.80 Å². The number of amides is 4. The number of rotatable bonds is 5. The van der Waals surface area contributed by atoms with Gasteiger partial charge in [-0.15, -0.1) is 0 Å². The maximum Gasteiger partial charge on any atom is 0.332 e. The van der Waals surface area contributed by atoms with Gasteiger partial charge in [-0.3, -0.25) is 24.2 Å². The molecule has 1 unspecified atom stereocenters. The van der Waals surface area contributed by atoms with Crippen LogP contribution in [0, 0.1) is 5.92 Å². The largest absolute Gasteiger partial charge is 0.332 e. The van der Waals surface area contributed by atoms with Crippen LogP contribution in [0.5, 0.6) is 0 Å². The van der Waals surface area contributed by atoms with Gasteiger partial charge < -0.3 is 0 Å². The zero-order chi connectivity index (χ0) is 20.4. The van der Waals surface area contributed by atoms with Crippen molar-refractivity contribution in [1.29, 1.82) is 0 Å². The smallest absolute Gasteiger partial charge is 0.294 e.